The van der Waals surface area contributed by atoms with Crippen LogP contribution in [0.25, 0.3) is 0 Å². The van der Waals surface area contributed by atoms with Crippen LogP contribution < -0.4 is 5.32 Å². The molecule has 0 aromatic carbocycles. The molecule has 1 amide bonds. The molecule has 0 aliphatic carbocycles. The van der Waals surface area contributed by atoms with E-state index in [9.17, 15) is 4.79 Å². The van der Waals surface area contributed by atoms with Gasteiger partial charge < -0.3 is 14.8 Å². The number of nitrogens with zero attached hydrogens (tertiary/aromatic N) is 1. The van der Waals surface area contributed by atoms with Gasteiger partial charge >= 0.3 is 0 Å². The molecule has 0 radical (unpaired) electrons. The number of morpholine rings is 1. The van der Waals surface area contributed by atoms with Gasteiger partial charge in [-0.3, -0.25) is 9.69 Å². The molecule has 2 fully saturated rings. The number of amides is 1. The second kappa shape index (κ2) is 7.55. The topological polar surface area (TPSA) is 50.8 Å². The standard InChI is InChI=1S/C16H24N2O3S/c1-12-3-9-22-15(12)16(19)17-10-14(13-2-6-21-11-13)18-4-7-20-8-5-18/h3,9,13-14H,2,4-8,10-11H2,1H3,(H,17,19). The summed E-state index contributed by atoms with van der Waals surface area (Å²) in [5.74, 6) is 0.549. The summed E-state index contributed by atoms with van der Waals surface area (Å²) in [5.41, 5.74) is 1.05. The predicted molar refractivity (Wildman–Crippen MR) is 86.5 cm³/mol. The van der Waals surface area contributed by atoms with Crippen LogP contribution in [0.3, 0.4) is 0 Å². The predicted octanol–water partition coefficient (Wildman–Crippen LogP) is 1.52. The molecule has 1 N–H and O–H groups in total. The molecule has 1 aromatic rings. The highest BCUT2D eigenvalue weighted by Gasteiger charge is 2.31. The summed E-state index contributed by atoms with van der Waals surface area (Å²) in [6, 6.07) is 2.33. The fourth-order valence-corrected chi connectivity index (χ4v) is 4.08. The third-order valence-electron chi connectivity index (χ3n) is 4.56. The summed E-state index contributed by atoms with van der Waals surface area (Å²) >= 11 is 1.51. The normalized spacial score (nSPS) is 24.3. The Morgan fingerprint density at radius 3 is 2.86 bits per heavy atom. The van der Waals surface area contributed by atoms with E-state index in [1.165, 1.54) is 11.3 Å². The van der Waals surface area contributed by atoms with Crippen LogP contribution in [0.4, 0.5) is 0 Å². The van der Waals surface area contributed by atoms with E-state index in [4.69, 9.17) is 9.47 Å². The zero-order chi connectivity index (χ0) is 15.4. The van der Waals surface area contributed by atoms with Gasteiger partial charge in [0.15, 0.2) is 0 Å². The number of nitrogens with one attached hydrogen (secondary N) is 1. The average molecular weight is 324 g/mol. The number of thiophene rings is 1. The van der Waals surface area contributed by atoms with Crippen molar-refractivity contribution in [3.05, 3.63) is 21.9 Å². The van der Waals surface area contributed by atoms with E-state index in [-0.39, 0.29) is 5.91 Å². The van der Waals surface area contributed by atoms with Crippen LogP contribution in [0.5, 0.6) is 0 Å². The summed E-state index contributed by atoms with van der Waals surface area (Å²) in [6.07, 6.45) is 1.08. The number of carbonyl (C=O) groups excluding carboxylic acids is 1. The van der Waals surface area contributed by atoms with E-state index in [1.54, 1.807) is 0 Å². The van der Waals surface area contributed by atoms with Crippen LogP contribution in [0, 0.1) is 12.8 Å². The van der Waals surface area contributed by atoms with Crippen molar-refractivity contribution in [1.29, 1.82) is 0 Å². The minimum Gasteiger partial charge on any atom is -0.381 e. The highest BCUT2D eigenvalue weighted by molar-refractivity contribution is 7.12. The largest absolute Gasteiger partial charge is 0.381 e. The molecular formula is C16H24N2O3S. The molecule has 0 spiro atoms. The maximum atomic E-state index is 12.4. The fraction of sp³-hybridized carbons (Fsp3) is 0.688. The molecule has 0 bridgehead atoms. The van der Waals surface area contributed by atoms with Crippen LogP contribution in [0.15, 0.2) is 11.4 Å². The molecule has 2 saturated heterocycles. The van der Waals surface area contributed by atoms with Crippen molar-refractivity contribution in [2.75, 3.05) is 46.1 Å². The van der Waals surface area contributed by atoms with Gasteiger partial charge in [0.2, 0.25) is 0 Å². The number of hydrogen-bond donors (Lipinski definition) is 1. The van der Waals surface area contributed by atoms with Gasteiger partial charge in [0.25, 0.3) is 5.91 Å². The van der Waals surface area contributed by atoms with Gasteiger partial charge in [-0.05, 0) is 30.4 Å². The first-order valence-electron chi connectivity index (χ1n) is 7.97. The zero-order valence-corrected chi connectivity index (χ0v) is 13.9. The Hall–Kier alpha value is -0.950. The Morgan fingerprint density at radius 1 is 1.41 bits per heavy atom. The highest BCUT2D eigenvalue weighted by Crippen LogP contribution is 2.22. The molecule has 2 aliphatic rings. The number of ether oxygens (including phenoxy) is 2. The highest BCUT2D eigenvalue weighted by atomic mass is 32.1. The number of carbonyl (C=O) groups is 1. The first-order valence-corrected chi connectivity index (χ1v) is 8.85. The van der Waals surface area contributed by atoms with Gasteiger partial charge in [0.1, 0.15) is 0 Å². The molecule has 1 aromatic heterocycles. The summed E-state index contributed by atoms with van der Waals surface area (Å²) in [6.45, 7) is 7.74. The smallest absolute Gasteiger partial charge is 0.261 e. The molecule has 122 valence electrons. The minimum atomic E-state index is 0.0460. The Labute approximate surface area is 135 Å². The van der Waals surface area contributed by atoms with Crippen LogP contribution in [0.1, 0.15) is 21.7 Å². The van der Waals surface area contributed by atoms with Crippen molar-refractivity contribution in [2.24, 2.45) is 5.92 Å². The summed E-state index contributed by atoms with van der Waals surface area (Å²) < 4.78 is 11.0. The Morgan fingerprint density at radius 2 is 2.23 bits per heavy atom. The lowest BCUT2D eigenvalue weighted by Gasteiger charge is -2.37. The molecule has 2 aliphatic heterocycles. The Balaban J connectivity index is 1.62. The van der Waals surface area contributed by atoms with Crippen molar-refractivity contribution in [1.82, 2.24) is 10.2 Å². The molecular weight excluding hydrogens is 300 g/mol. The van der Waals surface area contributed by atoms with Crippen LogP contribution in [0.2, 0.25) is 0 Å². The molecule has 2 atom stereocenters. The van der Waals surface area contributed by atoms with Crippen molar-refractivity contribution in [3.8, 4) is 0 Å². The lowest BCUT2D eigenvalue weighted by Crippen LogP contribution is -2.52. The van der Waals surface area contributed by atoms with Crippen molar-refractivity contribution in [2.45, 2.75) is 19.4 Å². The minimum absolute atomic E-state index is 0.0460. The van der Waals surface area contributed by atoms with Gasteiger partial charge in [-0.1, -0.05) is 0 Å². The SMILES string of the molecule is Cc1ccsc1C(=O)NCC(C1CCOC1)N1CCOCC1. The van der Waals surface area contributed by atoms with Crippen LogP contribution >= 0.6 is 11.3 Å². The quantitative estimate of drug-likeness (QED) is 0.892. The lowest BCUT2D eigenvalue weighted by molar-refractivity contribution is 0.00167. The van der Waals surface area contributed by atoms with E-state index in [0.29, 0.717) is 18.5 Å². The maximum Gasteiger partial charge on any atom is 0.261 e. The van der Waals surface area contributed by atoms with E-state index in [0.717, 1.165) is 56.4 Å². The average Bonchev–Trinajstić information content (AvgIpc) is 3.20. The summed E-state index contributed by atoms with van der Waals surface area (Å²) in [5, 5.41) is 5.10. The molecule has 3 heterocycles. The monoisotopic (exact) mass is 324 g/mol. The van der Waals surface area contributed by atoms with E-state index < -0.39 is 0 Å². The lowest BCUT2D eigenvalue weighted by atomic mass is 9.97. The van der Waals surface area contributed by atoms with Gasteiger partial charge in [0, 0.05) is 38.2 Å². The fourth-order valence-electron chi connectivity index (χ4n) is 3.24. The van der Waals surface area contributed by atoms with E-state index in [2.05, 4.69) is 10.2 Å². The van der Waals surface area contributed by atoms with Crippen molar-refractivity contribution < 1.29 is 14.3 Å². The number of aryl methyl sites for hydroxylation is 1. The van der Waals surface area contributed by atoms with Crippen molar-refractivity contribution >= 4 is 17.2 Å². The first-order chi connectivity index (χ1) is 10.8. The van der Waals surface area contributed by atoms with E-state index >= 15 is 0 Å². The molecule has 0 saturated carbocycles. The Kier molecular flexibility index (Phi) is 5.46. The first kappa shape index (κ1) is 15.9. The molecule has 5 nitrogen and oxygen atoms in total. The van der Waals surface area contributed by atoms with Gasteiger partial charge in [-0.15, -0.1) is 11.3 Å². The van der Waals surface area contributed by atoms with Gasteiger partial charge in [-0.2, -0.15) is 0 Å². The molecule has 6 heteroatoms. The molecule has 22 heavy (non-hydrogen) atoms. The second-order valence-electron chi connectivity index (χ2n) is 5.98. The molecule has 3 rings (SSSR count). The second-order valence-corrected chi connectivity index (χ2v) is 6.90. The Bertz CT molecular complexity index is 493. The number of hydrogen-bond acceptors (Lipinski definition) is 5. The van der Waals surface area contributed by atoms with Crippen molar-refractivity contribution in [3.63, 3.8) is 0 Å². The van der Waals surface area contributed by atoms with E-state index in [1.807, 2.05) is 18.4 Å². The summed E-state index contributed by atoms with van der Waals surface area (Å²) in [4.78, 5) is 15.6. The summed E-state index contributed by atoms with van der Waals surface area (Å²) in [7, 11) is 0. The maximum absolute atomic E-state index is 12.4. The zero-order valence-electron chi connectivity index (χ0n) is 13.0. The van der Waals surface area contributed by atoms with Crippen LogP contribution in [-0.2, 0) is 9.47 Å². The van der Waals surface area contributed by atoms with Gasteiger partial charge in [0.05, 0.1) is 24.7 Å². The third-order valence-corrected chi connectivity index (χ3v) is 5.58. The van der Waals surface area contributed by atoms with Gasteiger partial charge in [-0.25, -0.2) is 0 Å². The molecule has 2 unspecified atom stereocenters. The van der Waals surface area contributed by atoms with Crippen LogP contribution in [-0.4, -0.2) is 62.9 Å². The third kappa shape index (κ3) is 3.68. The number of rotatable bonds is 5.